The van der Waals surface area contributed by atoms with E-state index < -0.39 is 0 Å². The molecule has 0 radical (unpaired) electrons. The summed E-state index contributed by atoms with van der Waals surface area (Å²) in [5.74, 6) is 0. The van der Waals surface area contributed by atoms with Crippen LogP contribution in [0, 0.1) is 5.41 Å². The SMILES string of the molecule is Cl.N=C1SCS1. The minimum atomic E-state index is 0. The molecule has 0 aromatic heterocycles. The van der Waals surface area contributed by atoms with Gasteiger partial charge in [0, 0.05) is 0 Å². The minimum absolute atomic E-state index is 0. The third-order valence-corrected chi connectivity index (χ3v) is 2.55. The van der Waals surface area contributed by atoms with Crippen LogP contribution in [-0.4, -0.2) is 9.46 Å². The van der Waals surface area contributed by atoms with Crippen LogP contribution < -0.4 is 0 Å². The quantitative estimate of drug-likeness (QED) is 0.556. The summed E-state index contributed by atoms with van der Waals surface area (Å²) in [7, 11) is 0. The highest BCUT2D eigenvalue weighted by Crippen LogP contribution is 2.30. The maximum atomic E-state index is 6.76. The predicted molar refractivity (Wildman–Crippen MR) is 35.0 cm³/mol. The second-order valence-electron chi connectivity index (χ2n) is 0.694. The average molecular weight is 142 g/mol. The summed E-state index contributed by atoms with van der Waals surface area (Å²) in [6.45, 7) is 0. The zero-order valence-electron chi connectivity index (χ0n) is 2.93. The molecule has 1 rings (SSSR count). The molecule has 0 atom stereocenters. The molecule has 1 aliphatic rings. The molecule has 1 fully saturated rings. The van der Waals surface area contributed by atoms with E-state index in [0.717, 1.165) is 9.46 Å². The van der Waals surface area contributed by atoms with E-state index in [1.807, 2.05) is 0 Å². The molecule has 0 aliphatic carbocycles. The second-order valence-corrected chi connectivity index (χ2v) is 3.29. The molecule has 1 nitrogen and oxygen atoms in total. The van der Waals surface area contributed by atoms with Crippen molar-refractivity contribution in [3.8, 4) is 0 Å². The molecular formula is C2H4ClNS2. The van der Waals surface area contributed by atoms with Crippen LogP contribution in [0.3, 0.4) is 0 Å². The maximum absolute atomic E-state index is 6.76. The Kier molecular flexibility index (Phi) is 3.08. The minimum Gasteiger partial charge on any atom is -0.288 e. The van der Waals surface area contributed by atoms with Gasteiger partial charge in [0.25, 0.3) is 0 Å². The van der Waals surface area contributed by atoms with E-state index in [1.54, 1.807) is 23.5 Å². The van der Waals surface area contributed by atoms with Gasteiger partial charge in [-0.05, 0) is 0 Å². The van der Waals surface area contributed by atoms with Crippen LogP contribution in [0.2, 0.25) is 0 Å². The monoisotopic (exact) mass is 141 g/mol. The van der Waals surface area contributed by atoms with E-state index in [9.17, 15) is 0 Å². The lowest BCUT2D eigenvalue weighted by atomic mass is 11.7. The Morgan fingerprint density at radius 2 is 1.83 bits per heavy atom. The number of thioether (sulfide) groups is 2. The van der Waals surface area contributed by atoms with Crippen LogP contribution in [0.25, 0.3) is 0 Å². The van der Waals surface area contributed by atoms with Gasteiger partial charge in [-0.15, -0.1) is 12.4 Å². The van der Waals surface area contributed by atoms with Crippen molar-refractivity contribution in [3.63, 3.8) is 0 Å². The molecule has 6 heavy (non-hydrogen) atoms. The first-order chi connectivity index (χ1) is 2.39. The van der Waals surface area contributed by atoms with Crippen LogP contribution in [0.5, 0.6) is 0 Å². The van der Waals surface area contributed by atoms with E-state index in [0.29, 0.717) is 0 Å². The fraction of sp³-hybridized carbons (Fsp3) is 0.500. The van der Waals surface area contributed by atoms with E-state index in [4.69, 9.17) is 5.41 Å². The maximum Gasteiger partial charge on any atom is 0.123 e. The summed E-state index contributed by atoms with van der Waals surface area (Å²) in [5, 5.41) is 7.85. The average Bonchev–Trinajstić information content (AvgIpc) is 1.30. The summed E-state index contributed by atoms with van der Waals surface area (Å²) in [6, 6.07) is 0. The number of hydrogen-bond donors (Lipinski definition) is 1. The van der Waals surface area contributed by atoms with Gasteiger partial charge in [-0.2, -0.15) is 0 Å². The van der Waals surface area contributed by atoms with Crippen LogP contribution in [0.4, 0.5) is 0 Å². The lowest BCUT2D eigenvalue weighted by Crippen LogP contribution is -1.93. The molecular weight excluding hydrogens is 138 g/mol. The van der Waals surface area contributed by atoms with Crippen LogP contribution >= 0.6 is 35.9 Å². The molecule has 0 amide bonds. The normalized spacial score (nSPS) is 18.3. The zero-order chi connectivity index (χ0) is 3.70. The Morgan fingerprint density at radius 3 is 1.83 bits per heavy atom. The first-order valence-corrected chi connectivity index (χ1v) is 3.21. The van der Waals surface area contributed by atoms with Gasteiger partial charge in [0.15, 0.2) is 0 Å². The standard InChI is InChI=1S/C2H3NS2.ClH/c3-2-4-1-5-2;/h3H,1H2;1H. The van der Waals surface area contributed by atoms with Crippen LogP contribution in [0.1, 0.15) is 0 Å². The van der Waals surface area contributed by atoms with Crippen LogP contribution in [-0.2, 0) is 0 Å². The molecule has 1 saturated heterocycles. The van der Waals surface area contributed by atoms with E-state index in [-0.39, 0.29) is 12.4 Å². The molecule has 1 aliphatic heterocycles. The molecule has 36 valence electrons. The summed E-state index contributed by atoms with van der Waals surface area (Å²) in [5.41, 5.74) is 0. The van der Waals surface area contributed by atoms with Crippen molar-refractivity contribution in [1.29, 1.82) is 5.41 Å². The number of hydrogen-bond acceptors (Lipinski definition) is 3. The first kappa shape index (κ1) is 6.66. The van der Waals surface area contributed by atoms with Gasteiger partial charge >= 0.3 is 0 Å². The molecule has 4 heteroatoms. The molecule has 1 heterocycles. The molecule has 0 aromatic rings. The number of nitrogens with one attached hydrogen (secondary N) is 1. The van der Waals surface area contributed by atoms with Crippen molar-refractivity contribution in [2.75, 3.05) is 5.08 Å². The van der Waals surface area contributed by atoms with Gasteiger partial charge in [0.1, 0.15) is 4.38 Å². The van der Waals surface area contributed by atoms with E-state index >= 15 is 0 Å². The highest BCUT2D eigenvalue weighted by Gasteiger charge is 2.06. The van der Waals surface area contributed by atoms with Crippen molar-refractivity contribution in [1.82, 2.24) is 0 Å². The van der Waals surface area contributed by atoms with Gasteiger partial charge in [-0.25, -0.2) is 0 Å². The van der Waals surface area contributed by atoms with Gasteiger partial charge in [-0.3, -0.25) is 5.41 Å². The number of halogens is 1. The van der Waals surface area contributed by atoms with Gasteiger partial charge in [0.05, 0.1) is 5.08 Å². The van der Waals surface area contributed by atoms with Crippen LogP contribution in [0.15, 0.2) is 0 Å². The van der Waals surface area contributed by atoms with Crippen molar-refractivity contribution in [3.05, 3.63) is 0 Å². The highest BCUT2D eigenvalue weighted by atomic mass is 35.5. The summed E-state index contributed by atoms with van der Waals surface area (Å²) >= 11 is 3.21. The Balaban J connectivity index is 0.000000250. The molecule has 0 aromatic carbocycles. The van der Waals surface area contributed by atoms with Crippen molar-refractivity contribution >= 4 is 40.3 Å². The predicted octanol–water partition coefficient (Wildman–Crippen LogP) is 1.78. The largest absolute Gasteiger partial charge is 0.288 e. The second kappa shape index (κ2) is 2.77. The lowest BCUT2D eigenvalue weighted by molar-refractivity contribution is 1.59. The van der Waals surface area contributed by atoms with Crippen molar-refractivity contribution < 1.29 is 0 Å². The summed E-state index contributed by atoms with van der Waals surface area (Å²) in [4.78, 5) is 0. The Labute approximate surface area is 51.2 Å². The van der Waals surface area contributed by atoms with Gasteiger partial charge in [-0.1, -0.05) is 23.5 Å². The summed E-state index contributed by atoms with van der Waals surface area (Å²) in [6.07, 6.45) is 0. The molecule has 1 N–H and O–H groups in total. The Hall–Kier alpha value is 0.660. The lowest BCUT2D eigenvalue weighted by Gasteiger charge is -2.07. The third-order valence-electron chi connectivity index (χ3n) is 0.380. The Bertz CT molecular complexity index is 58.6. The molecule has 0 bridgehead atoms. The fourth-order valence-corrected chi connectivity index (χ4v) is 1.06. The molecule has 0 spiro atoms. The van der Waals surface area contributed by atoms with E-state index in [1.165, 1.54) is 0 Å². The Morgan fingerprint density at radius 1 is 1.50 bits per heavy atom. The van der Waals surface area contributed by atoms with E-state index in [2.05, 4.69) is 0 Å². The smallest absolute Gasteiger partial charge is 0.123 e. The summed E-state index contributed by atoms with van der Waals surface area (Å²) < 4.78 is 0.769. The van der Waals surface area contributed by atoms with Gasteiger partial charge < -0.3 is 0 Å². The topological polar surface area (TPSA) is 23.9 Å². The molecule has 0 saturated carbocycles. The third kappa shape index (κ3) is 1.41. The van der Waals surface area contributed by atoms with Crippen molar-refractivity contribution in [2.24, 2.45) is 0 Å². The highest BCUT2D eigenvalue weighted by molar-refractivity contribution is 8.52. The molecule has 0 unspecified atom stereocenters. The number of rotatable bonds is 0. The first-order valence-electron chi connectivity index (χ1n) is 1.24. The van der Waals surface area contributed by atoms with Crippen molar-refractivity contribution in [2.45, 2.75) is 0 Å². The zero-order valence-corrected chi connectivity index (χ0v) is 5.38. The fourth-order valence-electron chi connectivity index (χ4n) is 0.118. The van der Waals surface area contributed by atoms with Gasteiger partial charge in [0.2, 0.25) is 0 Å².